The summed E-state index contributed by atoms with van der Waals surface area (Å²) in [5.74, 6) is -0.483. The number of carbonyl (C=O) groups is 1. The molecule has 1 fully saturated rings. The number of halogens is 1. The molecule has 192 valence electrons. The van der Waals surface area contributed by atoms with Gasteiger partial charge in [0.05, 0.1) is 18.0 Å². The molecule has 11 nitrogen and oxygen atoms in total. The summed E-state index contributed by atoms with van der Waals surface area (Å²) in [5, 5.41) is 11.0. The number of rotatable bonds is 10. The summed E-state index contributed by atoms with van der Waals surface area (Å²) < 4.78 is 45.7. The van der Waals surface area contributed by atoms with Crippen molar-refractivity contribution in [1.29, 1.82) is 0 Å². The van der Waals surface area contributed by atoms with Gasteiger partial charge in [-0.1, -0.05) is 18.2 Å². The molecule has 1 aliphatic heterocycles. The summed E-state index contributed by atoms with van der Waals surface area (Å²) in [6.07, 6.45) is -2.48. The second-order valence-corrected chi connectivity index (χ2v) is 11.1. The number of benzene rings is 1. The summed E-state index contributed by atoms with van der Waals surface area (Å²) in [6.45, 7) is 4.36. The lowest BCUT2D eigenvalue weighted by Gasteiger charge is -2.25. The first-order valence-corrected chi connectivity index (χ1v) is 13.3. The fourth-order valence-corrected chi connectivity index (χ4v) is 6.23. The van der Waals surface area contributed by atoms with E-state index in [9.17, 15) is 23.7 Å². The predicted molar refractivity (Wildman–Crippen MR) is 129 cm³/mol. The summed E-state index contributed by atoms with van der Waals surface area (Å²) in [5.41, 5.74) is 4.72. The van der Waals surface area contributed by atoms with Crippen LogP contribution in [-0.4, -0.2) is 56.9 Å². The first-order chi connectivity index (χ1) is 16.5. The van der Waals surface area contributed by atoms with Crippen molar-refractivity contribution < 1.29 is 32.6 Å². The van der Waals surface area contributed by atoms with E-state index in [2.05, 4.69) is 10.1 Å². The van der Waals surface area contributed by atoms with Crippen LogP contribution in [0.3, 0.4) is 0 Å². The lowest BCUT2D eigenvalue weighted by atomic mass is 10.1. The molecule has 0 radical (unpaired) electrons. The average Bonchev–Trinajstić information content (AvgIpc) is 3.06. The third-order valence-corrected chi connectivity index (χ3v) is 8.03. The van der Waals surface area contributed by atoms with Gasteiger partial charge in [0, 0.05) is 6.20 Å². The monoisotopic (exact) mass is 530 g/mol. The lowest BCUT2D eigenvalue weighted by Crippen LogP contribution is -2.37. The standard InChI is InChI=1S/C21H28FN4O7PS/c1-12(2)32-20(28)13(3)25-34(30,33-14-7-5-4-6-8-14)31-11-15-18(27)17(22)19(35-15)26-10-9-16(23)24-21(26)29/h4-10,12-13,15,17-19,27H,11H2,1-3H3,(H,25,30)(H2,23,24,29)/t13?,15-,17+,18-,19-,34+/m1/s1. The molecular formula is C21H28FN4O7PS. The number of nitrogen functional groups attached to an aromatic ring is 1. The van der Waals surface area contributed by atoms with E-state index in [0.29, 0.717) is 0 Å². The van der Waals surface area contributed by atoms with E-state index in [1.54, 1.807) is 44.2 Å². The van der Waals surface area contributed by atoms with Crippen molar-refractivity contribution in [3.63, 3.8) is 0 Å². The zero-order valence-corrected chi connectivity index (χ0v) is 21.0. The van der Waals surface area contributed by atoms with Crippen LogP contribution in [0.1, 0.15) is 26.1 Å². The quantitative estimate of drug-likeness (QED) is 0.306. The topological polar surface area (TPSA) is 155 Å². The molecule has 2 heterocycles. The van der Waals surface area contributed by atoms with Gasteiger partial charge in [-0.15, -0.1) is 11.8 Å². The normalized spacial score (nSPS) is 24.6. The number of carbonyl (C=O) groups excluding carboxylic acids is 1. The molecule has 1 aliphatic rings. The summed E-state index contributed by atoms with van der Waals surface area (Å²) in [6, 6.07) is 8.41. The number of nitrogens with zero attached hydrogens (tertiary/aromatic N) is 2. The van der Waals surface area contributed by atoms with E-state index < -0.39 is 61.1 Å². The Morgan fingerprint density at radius 2 is 2.00 bits per heavy atom. The van der Waals surface area contributed by atoms with Crippen LogP contribution in [0.15, 0.2) is 47.4 Å². The smallest absolute Gasteiger partial charge is 0.459 e. The molecule has 0 saturated carbocycles. The molecule has 35 heavy (non-hydrogen) atoms. The van der Waals surface area contributed by atoms with Crippen molar-refractivity contribution in [2.45, 2.75) is 55.8 Å². The average molecular weight is 531 g/mol. The summed E-state index contributed by atoms with van der Waals surface area (Å²) >= 11 is 0.917. The van der Waals surface area contributed by atoms with Crippen LogP contribution < -0.4 is 21.0 Å². The van der Waals surface area contributed by atoms with Crippen LogP contribution in [0.4, 0.5) is 10.2 Å². The maximum Gasteiger partial charge on any atom is 0.459 e. The highest BCUT2D eigenvalue weighted by molar-refractivity contribution is 8.00. The van der Waals surface area contributed by atoms with Crippen molar-refractivity contribution in [2.24, 2.45) is 0 Å². The maximum absolute atomic E-state index is 14.9. The molecule has 1 saturated heterocycles. The Labute approximate surface area is 205 Å². The van der Waals surface area contributed by atoms with Crippen LogP contribution in [0.25, 0.3) is 0 Å². The Morgan fingerprint density at radius 3 is 2.63 bits per heavy atom. The number of hydrogen-bond donors (Lipinski definition) is 3. The largest absolute Gasteiger partial charge is 0.462 e. The predicted octanol–water partition coefficient (Wildman–Crippen LogP) is 2.27. The number of thioether (sulfide) groups is 1. The van der Waals surface area contributed by atoms with Gasteiger partial charge in [-0.2, -0.15) is 10.1 Å². The second kappa shape index (κ2) is 11.5. The Morgan fingerprint density at radius 1 is 1.31 bits per heavy atom. The molecule has 2 aromatic rings. The number of nitrogens with two attached hydrogens (primary N) is 1. The maximum atomic E-state index is 14.9. The van der Waals surface area contributed by atoms with E-state index in [1.807, 2.05) is 0 Å². The first kappa shape index (κ1) is 27.2. The highest BCUT2D eigenvalue weighted by atomic mass is 32.2. The highest BCUT2D eigenvalue weighted by Gasteiger charge is 2.46. The molecule has 0 bridgehead atoms. The number of para-hydroxylation sites is 1. The number of nitrogens with one attached hydrogen (secondary N) is 1. The fourth-order valence-electron chi connectivity index (χ4n) is 3.19. The van der Waals surface area contributed by atoms with Gasteiger partial charge >= 0.3 is 19.4 Å². The summed E-state index contributed by atoms with van der Waals surface area (Å²) in [7, 11) is -4.20. The number of aliphatic hydroxyl groups excluding tert-OH is 1. The van der Waals surface area contributed by atoms with Crippen molar-refractivity contribution in [1.82, 2.24) is 14.6 Å². The molecule has 3 rings (SSSR count). The van der Waals surface area contributed by atoms with Gasteiger partial charge in [0.2, 0.25) is 0 Å². The lowest BCUT2D eigenvalue weighted by molar-refractivity contribution is -0.149. The number of hydrogen-bond acceptors (Lipinski definition) is 10. The number of ether oxygens (including phenoxy) is 1. The van der Waals surface area contributed by atoms with Gasteiger partial charge in [0.1, 0.15) is 29.1 Å². The molecule has 0 aliphatic carbocycles. The van der Waals surface area contributed by atoms with E-state index in [0.717, 1.165) is 16.3 Å². The number of esters is 1. The Hall–Kier alpha value is -2.44. The van der Waals surface area contributed by atoms with E-state index >= 15 is 0 Å². The van der Waals surface area contributed by atoms with Crippen LogP contribution in [0, 0.1) is 0 Å². The zero-order chi connectivity index (χ0) is 25.8. The molecular weight excluding hydrogens is 502 g/mol. The molecule has 0 amide bonds. The van der Waals surface area contributed by atoms with Gasteiger partial charge in [-0.25, -0.2) is 13.8 Å². The molecule has 1 aromatic heterocycles. The molecule has 6 atom stereocenters. The van der Waals surface area contributed by atoms with Crippen LogP contribution in [-0.2, 0) is 18.6 Å². The number of anilines is 1. The molecule has 1 unspecified atom stereocenters. The van der Waals surface area contributed by atoms with Gasteiger partial charge in [0.15, 0.2) is 6.17 Å². The van der Waals surface area contributed by atoms with Gasteiger partial charge in [-0.05, 0) is 39.0 Å². The highest BCUT2D eigenvalue weighted by Crippen LogP contribution is 2.48. The minimum Gasteiger partial charge on any atom is -0.462 e. The molecule has 14 heteroatoms. The van der Waals surface area contributed by atoms with Crippen molar-refractivity contribution >= 4 is 31.3 Å². The van der Waals surface area contributed by atoms with Crippen molar-refractivity contribution in [2.75, 3.05) is 12.3 Å². The number of aliphatic hydroxyl groups is 1. The second-order valence-electron chi connectivity index (χ2n) is 8.08. The molecule has 4 N–H and O–H groups in total. The van der Waals surface area contributed by atoms with Crippen LogP contribution in [0.2, 0.25) is 0 Å². The van der Waals surface area contributed by atoms with Crippen molar-refractivity contribution in [3.05, 3.63) is 53.1 Å². The Bertz CT molecular complexity index is 1120. The van der Waals surface area contributed by atoms with E-state index in [4.69, 9.17) is 19.5 Å². The van der Waals surface area contributed by atoms with Gasteiger partial charge < -0.3 is 20.1 Å². The van der Waals surface area contributed by atoms with E-state index in [1.165, 1.54) is 19.2 Å². The number of alkyl halides is 1. The molecule has 0 spiro atoms. The van der Waals surface area contributed by atoms with Gasteiger partial charge in [-0.3, -0.25) is 13.9 Å². The Kier molecular flexibility index (Phi) is 8.94. The third kappa shape index (κ3) is 7.05. The van der Waals surface area contributed by atoms with Crippen molar-refractivity contribution in [3.8, 4) is 5.75 Å². The minimum atomic E-state index is -4.20. The SMILES string of the molecule is CC(C)OC(=O)C(C)N[P@](=O)(OC[C@H]1S[C@@H](n2ccc(N)nc2=O)[C@@H](F)[C@@H]1O)Oc1ccccc1. The summed E-state index contributed by atoms with van der Waals surface area (Å²) in [4.78, 5) is 27.9. The fraction of sp³-hybridized carbons (Fsp3) is 0.476. The van der Waals surface area contributed by atoms with E-state index in [-0.39, 0.29) is 11.6 Å². The number of aromatic nitrogens is 2. The Balaban J connectivity index is 1.75. The van der Waals surface area contributed by atoms with Gasteiger partial charge in [0.25, 0.3) is 0 Å². The third-order valence-electron chi connectivity index (χ3n) is 4.85. The van der Waals surface area contributed by atoms with Crippen LogP contribution in [0.5, 0.6) is 5.75 Å². The van der Waals surface area contributed by atoms with Crippen LogP contribution >= 0.6 is 19.5 Å². The molecule has 1 aromatic carbocycles. The first-order valence-electron chi connectivity index (χ1n) is 10.8. The zero-order valence-electron chi connectivity index (χ0n) is 19.3. The minimum absolute atomic E-state index is 0.0136.